The SMILES string of the molecule is CCn1nc(C)c(Br)c1C#N. The van der Waals surface area contributed by atoms with Crippen LogP contribution in [0.15, 0.2) is 4.47 Å². The summed E-state index contributed by atoms with van der Waals surface area (Å²) in [5.41, 5.74) is 1.47. The lowest BCUT2D eigenvalue weighted by molar-refractivity contribution is 0.645. The quantitative estimate of drug-likeness (QED) is 0.715. The zero-order valence-electron chi connectivity index (χ0n) is 6.43. The van der Waals surface area contributed by atoms with Crippen LogP contribution in [-0.2, 0) is 6.54 Å². The van der Waals surface area contributed by atoms with E-state index >= 15 is 0 Å². The molecule has 0 amide bonds. The first-order valence-corrected chi connectivity index (χ1v) is 4.13. The van der Waals surface area contributed by atoms with Gasteiger partial charge in [0, 0.05) is 6.54 Å². The summed E-state index contributed by atoms with van der Waals surface area (Å²) in [6, 6.07) is 2.09. The highest BCUT2D eigenvalue weighted by Crippen LogP contribution is 2.19. The Morgan fingerprint density at radius 1 is 1.73 bits per heavy atom. The summed E-state index contributed by atoms with van der Waals surface area (Å²) in [7, 11) is 0. The number of nitriles is 1. The minimum Gasteiger partial charge on any atom is -0.254 e. The van der Waals surface area contributed by atoms with E-state index in [9.17, 15) is 0 Å². The number of halogens is 1. The van der Waals surface area contributed by atoms with E-state index in [1.54, 1.807) is 4.68 Å². The molecule has 0 radical (unpaired) electrons. The van der Waals surface area contributed by atoms with Crippen molar-refractivity contribution in [3.63, 3.8) is 0 Å². The Balaban J connectivity index is 3.29. The molecule has 58 valence electrons. The summed E-state index contributed by atoms with van der Waals surface area (Å²) in [5, 5.41) is 12.8. The molecule has 0 fully saturated rings. The summed E-state index contributed by atoms with van der Waals surface area (Å²) < 4.78 is 2.49. The first-order chi connectivity index (χ1) is 5.20. The van der Waals surface area contributed by atoms with Gasteiger partial charge in [0.25, 0.3) is 0 Å². The summed E-state index contributed by atoms with van der Waals surface area (Å²) in [6.45, 7) is 4.56. The molecule has 3 nitrogen and oxygen atoms in total. The van der Waals surface area contributed by atoms with Crippen LogP contribution in [0.2, 0.25) is 0 Å². The average Bonchev–Trinajstić information content (AvgIpc) is 2.28. The highest BCUT2D eigenvalue weighted by atomic mass is 79.9. The van der Waals surface area contributed by atoms with Gasteiger partial charge in [0.05, 0.1) is 10.2 Å². The minimum absolute atomic E-state index is 0.602. The molecule has 1 aromatic rings. The lowest BCUT2D eigenvalue weighted by atomic mass is 10.4. The Labute approximate surface area is 73.8 Å². The van der Waals surface area contributed by atoms with Gasteiger partial charge in [-0.25, -0.2) is 0 Å². The van der Waals surface area contributed by atoms with Gasteiger partial charge < -0.3 is 0 Å². The molecule has 0 aliphatic heterocycles. The number of hydrogen-bond donors (Lipinski definition) is 0. The van der Waals surface area contributed by atoms with Gasteiger partial charge in [-0.15, -0.1) is 0 Å². The Morgan fingerprint density at radius 2 is 2.36 bits per heavy atom. The molecule has 0 aromatic carbocycles. The molecule has 11 heavy (non-hydrogen) atoms. The third-order valence-electron chi connectivity index (χ3n) is 1.46. The van der Waals surface area contributed by atoms with Crippen LogP contribution in [0.25, 0.3) is 0 Å². The maximum atomic E-state index is 8.70. The second-order valence-electron chi connectivity index (χ2n) is 2.18. The van der Waals surface area contributed by atoms with E-state index < -0.39 is 0 Å². The molecule has 0 N–H and O–H groups in total. The second kappa shape index (κ2) is 3.05. The van der Waals surface area contributed by atoms with Gasteiger partial charge in [-0.3, -0.25) is 4.68 Å². The normalized spacial score (nSPS) is 9.64. The lowest BCUT2D eigenvalue weighted by Gasteiger charge is -1.93. The lowest BCUT2D eigenvalue weighted by Crippen LogP contribution is -1.99. The van der Waals surface area contributed by atoms with E-state index in [0.717, 1.165) is 16.7 Å². The zero-order valence-corrected chi connectivity index (χ0v) is 8.01. The van der Waals surface area contributed by atoms with Crippen LogP contribution in [-0.4, -0.2) is 9.78 Å². The molecule has 0 atom stereocenters. The van der Waals surface area contributed by atoms with E-state index in [4.69, 9.17) is 5.26 Å². The van der Waals surface area contributed by atoms with E-state index in [1.807, 2.05) is 13.8 Å². The molecule has 1 heterocycles. The summed E-state index contributed by atoms with van der Waals surface area (Å²) in [6.07, 6.45) is 0. The van der Waals surface area contributed by atoms with Gasteiger partial charge >= 0.3 is 0 Å². The van der Waals surface area contributed by atoms with Crippen LogP contribution in [0.5, 0.6) is 0 Å². The van der Waals surface area contributed by atoms with Crippen molar-refractivity contribution in [2.24, 2.45) is 0 Å². The summed E-state index contributed by atoms with van der Waals surface area (Å²) >= 11 is 3.30. The molecular formula is C7H8BrN3. The third-order valence-corrected chi connectivity index (χ3v) is 2.41. The van der Waals surface area contributed by atoms with Crippen molar-refractivity contribution < 1.29 is 0 Å². The van der Waals surface area contributed by atoms with Crippen molar-refractivity contribution in [1.82, 2.24) is 9.78 Å². The fourth-order valence-electron chi connectivity index (χ4n) is 0.895. The molecule has 0 bridgehead atoms. The predicted octanol–water partition coefficient (Wildman–Crippen LogP) is 1.85. The fraction of sp³-hybridized carbons (Fsp3) is 0.429. The van der Waals surface area contributed by atoms with Crippen LogP contribution < -0.4 is 0 Å². The number of hydrogen-bond acceptors (Lipinski definition) is 2. The smallest absolute Gasteiger partial charge is 0.153 e. The van der Waals surface area contributed by atoms with Crippen molar-refractivity contribution >= 4 is 15.9 Å². The molecule has 0 aliphatic carbocycles. The molecule has 0 saturated carbocycles. The number of rotatable bonds is 1. The zero-order chi connectivity index (χ0) is 8.43. The molecule has 0 aliphatic rings. The molecule has 0 spiro atoms. The highest BCUT2D eigenvalue weighted by Gasteiger charge is 2.09. The largest absolute Gasteiger partial charge is 0.254 e. The molecule has 0 unspecified atom stereocenters. The highest BCUT2D eigenvalue weighted by molar-refractivity contribution is 9.10. The maximum Gasteiger partial charge on any atom is 0.153 e. The predicted molar refractivity (Wildman–Crippen MR) is 45.1 cm³/mol. The average molecular weight is 214 g/mol. The van der Waals surface area contributed by atoms with Crippen LogP contribution in [0.3, 0.4) is 0 Å². The standard InChI is InChI=1S/C7H8BrN3/c1-3-11-6(4-9)7(8)5(2)10-11/h3H2,1-2H3. The van der Waals surface area contributed by atoms with Gasteiger partial charge in [-0.05, 0) is 29.8 Å². The maximum absolute atomic E-state index is 8.70. The van der Waals surface area contributed by atoms with Crippen molar-refractivity contribution in [3.8, 4) is 6.07 Å². The van der Waals surface area contributed by atoms with Gasteiger partial charge in [0.15, 0.2) is 5.69 Å². The molecular weight excluding hydrogens is 206 g/mol. The Hall–Kier alpha value is -0.820. The van der Waals surface area contributed by atoms with Crippen LogP contribution in [0.4, 0.5) is 0 Å². The van der Waals surface area contributed by atoms with E-state index in [2.05, 4.69) is 27.1 Å². The third kappa shape index (κ3) is 1.29. The van der Waals surface area contributed by atoms with Crippen LogP contribution in [0.1, 0.15) is 18.3 Å². The first-order valence-electron chi connectivity index (χ1n) is 3.33. The summed E-state index contributed by atoms with van der Waals surface area (Å²) in [5.74, 6) is 0. The van der Waals surface area contributed by atoms with Crippen LogP contribution in [0, 0.1) is 18.3 Å². The summed E-state index contributed by atoms with van der Waals surface area (Å²) in [4.78, 5) is 0. The Bertz CT molecular complexity index is 308. The number of aromatic nitrogens is 2. The Morgan fingerprint density at radius 3 is 2.73 bits per heavy atom. The van der Waals surface area contributed by atoms with E-state index in [1.165, 1.54) is 0 Å². The Kier molecular flexibility index (Phi) is 2.30. The molecule has 4 heteroatoms. The van der Waals surface area contributed by atoms with Crippen molar-refractivity contribution in [2.75, 3.05) is 0 Å². The monoisotopic (exact) mass is 213 g/mol. The van der Waals surface area contributed by atoms with Crippen molar-refractivity contribution in [1.29, 1.82) is 5.26 Å². The topological polar surface area (TPSA) is 41.6 Å². The van der Waals surface area contributed by atoms with E-state index in [-0.39, 0.29) is 0 Å². The van der Waals surface area contributed by atoms with Crippen LogP contribution >= 0.6 is 15.9 Å². The first kappa shape index (κ1) is 8.28. The number of aryl methyl sites for hydroxylation is 2. The molecule has 0 saturated heterocycles. The van der Waals surface area contributed by atoms with Gasteiger partial charge in [-0.2, -0.15) is 10.4 Å². The van der Waals surface area contributed by atoms with E-state index in [0.29, 0.717) is 5.69 Å². The molecule has 1 rings (SSSR count). The van der Waals surface area contributed by atoms with Crippen molar-refractivity contribution in [3.05, 3.63) is 15.9 Å². The fourth-order valence-corrected chi connectivity index (χ4v) is 1.27. The molecule has 1 aromatic heterocycles. The van der Waals surface area contributed by atoms with Gasteiger partial charge in [0.2, 0.25) is 0 Å². The van der Waals surface area contributed by atoms with Gasteiger partial charge in [-0.1, -0.05) is 0 Å². The van der Waals surface area contributed by atoms with Gasteiger partial charge in [0.1, 0.15) is 6.07 Å². The second-order valence-corrected chi connectivity index (χ2v) is 2.97. The minimum atomic E-state index is 0.602. The number of nitrogens with zero attached hydrogens (tertiary/aromatic N) is 3. The van der Waals surface area contributed by atoms with Crippen molar-refractivity contribution in [2.45, 2.75) is 20.4 Å².